The predicted octanol–water partition coefficient (Wildman–Crippen LogP) is 4.57. The van der Waals surface area contributed by atoms with E-state index in [9.17, 15) is 4.79 Å². The Hall–Kier alpha value is -2.81. The van der Waals surface area contributed by atoms with E-state index in [2.05, 4.69) is 0 Å². The van der Waals surface area contributed by atoms with Crippen molar-refractivity contribution < 1.29 is 14.3 Å². The summed E-state index contributed by atoms with van der Waals surface area (Å²) < 4.78 is 9.87. The molecule has 22 heavy (non-hydrogen) atoms. The van der Waals surface area contributed by atoms with E-state index in [4.69, 9.17) is 9.47 Å². The van der Waals surface area contributed by atoms with Gasteiger partial charge in [0.15, 0.2) is 0 Å². The summed E-state index contributed by atoms with van der Waals surface area (Å²) in [5.41, 5.74) is 2.12. The molecule has 0 aliphatic heterocycles. The van der Waals surface area contributed by atoms with Crippen LogP contribution in [0.15, 0.2) is 72.8 Å². The van der Waals surface area contributed by atoms with Crippen LogP contribution in [0.25, 0.3) is 12.2 Å². The van der Waals surface area contributed by atoms with Crippen molar-refractivity contribution in [2.24, 2.45) is 0 Å². The number of ether oxygens (including phenoxy) is 2. The average Bonchev–Trinajstić information content (AvgIpc) is 2.57. The maximum absolute atomic E-state index is 11.4. The molecule has 0 spiro atoms. The lowest BCUT2D eigenvalue weighted by molar-refractivity contribution is 0.0720. The molecule has 0 fully saturated rings. The number of carbonyl (C=O) groups excluding carboxylic acids is 1. The van der Waals surface area contributed by atoms with E-state index in [-0.39, 0.29) is 13.2 Å². The fourth-order valence-corrected chi connectivity index (χ4v) is 1.77. The Bertz CT molecular complexity index is 560. The molecule has 0 heterocycles. The lowest BCUT2D eigenvalue weighted by Crippen LogP contribution is -2.07. The summed E-state index contributed by atoms with van der Waals surface area (Å²) in [6.07, 6.45) is 6.66. The highest BCUT2D eigenvalue weighted by atomic mass is 16.7. The molecule has 0 N–H and O–H groups in total. The minimum absolute atomic E-state index is 0.191. The van der Waals surface area contributed by atoms with Gasteiger partial charge in [0.25, 0.3) is 0 Å². The van der Waals surface area contributed by atoms with Gasteiger partial charge in [-0.2, -0.15) is 0 Å². The van der Waals surface area contributed by atoms with Crippen molar-refractivity contribution in [1.82, 2.24) is 0 Å². The average molecular weight is 294 g/mol. The maximum Gasteiger partial charge on any atom is 0.508 e. The molecule has 0 amide bonds. The van der Waals surface area contributed by atoms with E-state index in [0.29, 0.717) is 0 Å². The Kier molecular flexibility index (Phi) is 6.50. The van der Waals surface area contributed by atoms with Crippen LogP contribution in [0.2, 0.25) is 0 Å². The zero-order chi connectivity index (χ0) is 15.5. The first-order chi connectivity index (χ1) is 10.8. The Morgan fingerprint density at radius 1 is 0.727 bits per heavy atom. The van der Waals surface area contributed by atoms with Gasteiger partial charge in [-0.25, -0.2) is 4.79 Å². The van der Waals surface area contributed by atoms with E-state index in [0.717, 1.165) is 11.1 Å². The van der Waals surface area contributed by atoms with Crippen molar-refractivity contribution in [3.63, 3.8) is 0 Å². The molecule has 0 unspecified atom stereocenters. The Morgan fingerprint density at radius 3 is 1.55 bits per heavy atom. The Labute approximate surface area is 130 Å². The van der Waals surface area contributed by atoms with Gasteiger partial charge in [-0.15, -0.1) is 0 Å². The van der Waals surface area contributed by atoms with Crippen LogP contribution in [0.1, 0.15) is 11.1 Å². The van der Waals surface area contributed by atoms with Crippen molar-refractivity contribution in [3.05, 3.63) is 83.9 Å². The zero-order valence-electron chi connectivity index (χ0n) is 12.2. The number of carbonyl (C=O) groups is 1. The number of benzene rings is 2. The van der Waals surface area contributed by atoms with Gasteiger partial charge in [0.2, 0.25) is 0 Å². The van der Waals surface area contributed by atoms with Crippen molar-refractivity contribution >= 4 is 18.3 Å². The minimum Gasteiger partial charge on any atom is -0.430 e. The molecule has 0 atom stereocenters. The van der Waals surface area contributed by atoms with Crippen LogP contribution in [-0.2, 0) is 9.47 Å². The maximum atomic E-state index is 11.4. The van der Waals surface area contributed by atoms with E-state index < -0.39 is 6.16 Å². The van der Waals surface area contributed by atoms with Crippen LogP contribution in [0, 0.1) is 0 Å². The molecule has 0 aliphatic carbocycles. The molecular weight excluding hydrogens is 276 g/mol. The van der Waals surface area contributed by atoms with E-state index in [1.807, 2.05) is 72.8 Å². The van der Waals surface area contributed by atoms with Crippen molar-refractivity contribution in [3.8, 4) is 0 Å². The summed E-state index contributed by atoms with van der Waals surface area (Å²) in [6.45, 7) is 0.381. The number of rotatable bonds is 6. The van der Waals surface area contributed by atoms with Crippen LogP contribution < -0.4 is 0 Å². The molecule has 0 bridgehead atoms. The summed E-state index contributed by atoms with van der Waals surface area (Å²) in [7, 11) is 0. The molecule has 112 valence electrons. The van der Waals surface area contributed by atoms with Gasteiger partial charge in [-0.1, -0.05) is 72.8 Å². The summed E-state index contributed by atoms with van der Waals surface area (Å²) >= 11 is 0. The fourth-order valence-electron chi connectivity index (χ4n) is 1.77. The Balaban J connectivity index is 1.62. The predicted molar refractivity (Wildman–Crippen MR) is 88.3 cm³/mol. The third kappa shape index (κ3) is 6.09. The monoisotopic (exact) mass is 294 g/mol. The standard InChI is InChI=1S/C19H18O3/c20-19(21-15-7-13-17-9-3-1-4-10-17)22-16-8-14-18-11-5-2-6-12-18/h1-14H,15-16H2/b13-7+,14-8+. The Morgan fingerprint density at radius 2 is 1.14 bits per heavy atom. The highest BCUT2D eigenvalue weighted by Gasteiger charge is 1.99. The minimum atomic E-state index is -0.671. The van der Waals surface area contributed by atoms with Crippen molar-refractivity contribution in [2.45, 2.75) is 0 Å². The van der Waals surface area contributed by atoms with Gasteiger partial charge >= 0.3 is 6.16 Å². The normalized spacial score (nSPS) is 10.9. The first kappa shape index (κ1) is 15.6. The van der Waals surface area contributed by atoms with Crippen LogP contribution in [0.5, 0.6) is 0 Å². The first-order valence-corrected chi connectivity index (χ1v) is 7.07. The van der Waals surface area contributed by atoms with Gasteiger partial charge in [0, 0.05) is 0 Å². The van der Waals surface area contributed by atoms with Gasteiger partial charge in [-0.05, 0) is 23.3 Å². The smallest absolute Gasteiger partial charge is 0.430 e. The number of hydrogen-bond acceptors (Lipinski definition) is 3. The highest BCUT2D eigenvalue weighted by Crippen LogP contribution is 2.02. The molecule has 0 saturated carbocycles. The van der Waals surface area contributed by atoms with Crippen LogP contribution in [0.4, 0.5) is 4.79 Å². The zero-order valence-corrected chi connectivity index (χ0v) is 12.2. The van der Waals surface area contributed by atoms with Crippen LogP contribution in [-0.4, -0.2) is 19.4 Å². The molecule has 2 aromatic carbocycles. The quantitative estimate of drug-likeness (QED) is 0.732. The third-order valence-electron chi connectivity index (χ3n) is 2.81. The van der Waals surface area contributed by atoms with Gasteiger partial charge in [0.05, 0.1) is 0 Å². The molecule has 0 radical (unpaired) electrons. The van der Waals surface area contributed by atoms with Crippen LogP contribution >= 0.6 is 0 Å². The molecule has 0 saturated heterocycles. The van der Waals surface area contributed by atoms with Gasteiger partial charge < -0.3 is 9.47 Å². The van der Waals surface area contributed by atoms with E-state index in [1.54, 1.807) is 12.2 Å². The third-order valence-corrected chi connectivity index (χ3v) is 2.81. The van der Waals surface area contributed by atoms with Crippen molar-refractivity contribution in [1.29, 1.82) is 0 Å². The lowest BCUT2D eigenvalue weighted by atomic mass is 10.2. The van der Waals surface area contributed by atoms with Crippen molar-refractivity contribution in [2.75, 3.05) is 13.2 Å². The van der Waals surface area contributed by atoms with Gasteiger partial charge in [-0.3, -0.25) is 0 Å². The fraction of sp³-hybridized carbons (Fsp3) is 0.105. The topological polar surface area (TPSA) is 35.5 Å². The molecule has 0 aromatic heterocycles. The summed E-state index contributed by atoms with van der Waals surface area (Å²) in [6, 6.07) is 19.6. The second kappa shape index (κ2) is 9.19. The molecule has 2 aromatic rings. The molecule has 0 aliphatic rings. The van der Waals surface area contributed by atoms with E-state index >= 15 is 0 Å². The van der Waals surface area contributed by atoms with Crippen LogP contribution in [0.3, 0.4) is 0 Å². The summed E-state index contributed by atoms with van der Waals surface area (Å²) in [5, 5.41) is 0. The summed E-state index contributed by atoms with van der Waals surface area (Å²) in [5.74, 6) is 0. The van der Waals surface area contributed by atoms with Gasteiger partial charge in [0.1, 0.15) is 13.2 Å². The molecular formula is C19H18O3. The second-order valence-corrected chi connectivity index (χ2v) is 4.50. The molecule has 3 heteroatoms. The molecule has 2 rings (SSSR count). The SMILES string of the molecule is O=C(OC/C=C/c1ccccc1)OC/C=C/c1ccccc1. The highest BCUT2D eigenvalue weighted by molar-refractivity contribution is 5.60. The number of hydrogen-bond donors (Lipinski definition) is 0. The summed E-state index contributed by atoms with van der Waals surface area (Å²) in [4.78, 5) is 11.4. The lowest BCUT2D eigenvalue weighted by Gasteiger charge is -2.01. The largest absolute Gasteiger partial charge is 0.508 e. The first-order valence-electron chi connectivity index (χ1n) is 7.07. The molecule has 3 nitrogen and oxygen atoms in total. The second-order valence-electron chi connectivity index (χ2n) is 4.50. The van der Waals surface area contributed by atoms with E-state index in [1.165, 1.54) is 0 Å².